The second-order valence-corrected chi connectivity index (χ2v) is 5.21. The van der Waals surface area contributed by atoms with Gasteiger partial charge >= 0.3 is 5.88 Å². The standard InChI is InChI=1S/C15H13ClN4O5/c16-11-3-1-2-4-12(11)19(14(22)7-6-13(17)21)18-9-10-5-8-15(25-10)20(23)24/h1-5,8-9H,6-7H2,(H2,17,21)/b18-9+. The monoisotopic (exact) mass is 364 g/mol. The van der Waals surface area contributed by atoms with E-state index in [9.17, 15) is 19.7 Å². The number of hydrogen-bond donors (Lipinski definition) is 1. The minimum Gasteiger partial charge on any atom is -0.400 e. The molecule has 2 rings (SSSR count). The fourth-order valence-electron chi connectivity index (χ4n) is 1.84. The number of benzene rings is 1. The molecule has 1 aromatic carbocycles. The van der Waals surface area contributed by atoms with Crippen LogP contribution in [0.15, 0.2) is 45.9 Å². The van der Waals surface area contributed by atoms with Crippen LogP contribution in [0, 0.1) is 10.1 Å². The lowest BCUT2D eigenvalue weighted by Crippen LogP contribution is -2.27. The Bertz CT molecular complexity index is 833. The lowest BCUT2D eigenvalue weighted by molar-refractivity contribution is -0.402. The van der Waals surface area contributed by atoms with Crippen LogP contribution in [0.3, 0.4) is 0 Å². The minimum atomic E-state index is -0.693. The predicted octanol–water partition coefficient (Wildman–Crippen LogP) is 2.47. The summed E-state index contributed by atoms with van der Waals surface area (Å²) in [4.78, 5) is 33.1. The molecule has 2 amide bonds. The third kappa shape index (κ3) is 4.88. The van der Waals surface area contributed by atoms with E-state index < -0.39 is 22.6 Å². The topological polar surface area (TPSA) is 132 Å². The SMILES string of the molecule is NC(=O)CCC(=O)N(/N=C/c1ccc([N+](=O)[O-])o1)c1ccccc1Cl. The molecule has 2 N–H and O–H groups in total. The molecule has 0 saturated heterocycles. The number of amides is 2. The molecular weight excluding hydrogens is 352 g/mol. The largest absolute Gasteiger partial charge is 0.433 e. The molecule has 0 radical (unpaired) electrons. The summed E-state index contributed by atoms with van der Waals surface area (Å²) in [7, 11) is 0. The van der Waals surface area contributed by atoms with E-state index in [4.69, 9.17) is 21.8 Å². The van der Waals surface area contributed by atoms with Gasteiger partial charge in [-0.25, -0.2) is 0 Å². The van der Waals surface area contributed by atoms with E-state index in [1.54, 1.807) is 24.3 Å². The van der Waals surface area contributed by atoms with Crippen molar-refractivity contribution in [3.05, 3.63) is 57.3 Å². The van der Waals surface area contributed by atoms with E-state index in [-0.39, 0.29) is 29.3 Å². The Morgan fingerprint density at radius 1 is 1.28 bits per heavy atom. The smallest absolute Gasteiger partial charge is 0.400 e. The highest BCUT2D eigenvalue weighted by molar-refractivity contribution is 6.33. The molecule has 0 saturated carbocycles. The Morgan fingerprint density at radius 2 is 2.00 bits per heavy atom. The molecule has 10 heteroatoms. The van der Waals surface area contributed by atoms with Gasteiger partial charge in [0.1, 0.15) is 4.92 Å². The maximum Gasteiger partial charge on any atom is 0.433 e. The number of hydrazone groups is 1. The lowest BCUT2D eigenvalue weighted by Gasteiger charge is -2.17. The van der Waals surface area contributed by atoms with Gasteiger partial charge in [0.2, 0.25) is 11.8 Å². The number of hydrogen-bond acceptors (Lipinski definition) is 6. The summed E-state index contributed by atoms with van der Waals surface area (Å²) in [6.07, 6.45) is 0.816. The van der Waals surface area contributed by atoms with Crippen molar-refractivity contribution in [3.63, 3.8) is 0 Å². The van der Waals surface area contributed by atoms with E-state index in [0.717, 1.165) is 17.3 Å². The van der Waals surface area contributed by atoms with Crippen molar-refractivity contribution in [1.29, 1.82) is 0 Å². The summed E-state index contributed by atoms with van der Waals surface area (Å²) in [5, 5.41) is 15.8. The molecule has 0 atom stereocenters. The number of halogens is 1. The van der Waals surface area contributed by atoms with Crippen LogP contribution in [0.1, 0.15) is 18.6 Å². The molecule has 0 aliphatic rings. The van der Waals surface area contributed by atoms with Gasteiger partial charge in [-0.1, -0.05) is 23.7 Å². The van der Waals surface area contributed by atoms with E-state index >= 15 is 0 Å². The zero-order valence-electron chi connectivity index (χ0n) is 12.8. The van der Waals surface area contributed by atoms with Gasteiger partial charge in [0, 0.05) is 12.8 Å². The predicted molar refractivity (Wildman–Crippen MR) is 90.3 cm³/mol. The van der Waals surface area contributed by atoms with E-state index in [2.05, 4.69) is 5.10 Å². The van der Waals surface area contributed by atoms with E-state index in [1.807, 2.05) is 0 Å². The fourth-order valence-corrected chi connectivity index (χ4v) is 2.06. The van der Waals surface area contributed by atoms with Gasteiger partial charge in [-0.3, -0.25) is 19.7 Å². The van der Waals surface area contributed by atoms with Crippen molar-refractivity contribution in [2.45, 2.75) is 12.8 Å². The van der Waals surface area contributed by atoms with Crippen LogP contribution in [-0.4, -0.2) is 23.0 Å². The molecule has 9 nitrogen and oxygen atoms in total. The average molecular weight is 365 g/mol. The second-order valence-electron chi connectivity index (χ2n) is 4.80. The third-order valence-corrected chi connectivity index (χ3v) is 3.31. The number of nitrogens with zero attached hydrogens (tertiary/aromatic N) is 3. The van der Waals surface area contributed by atoms with E-state index in [1.165, 1.54) is 6.07 Å². The number of nitro groups is 1. The second kappa shape index (κ2) is 8.06. The molecule has 130 valence electrons. The average Bonchev–Trinajstić information content (AvgIpc) is 3.04. The number of anilines is 1. The Labute approximate surface area is 146 Å². The molecule has 1 heterocycles. The highest BCUT2D eigenvalue weighted by Crippen LogP contribution is 2.26. The number of rotatable bonds is 7. The molecule has 1 aromatic heterocycles. The highest BCUT2D eigenvalue weighted by atomic mass is 35.5. The van der Waals surface area contributed by atoms with Crippen LogP contribution in [0.25, 0.3) is 0 Å². The Hall–Kier alpha value is -3.20. The Morgan fingerprint density at radius 3 is 2.60 bits per heavy atom. The first kappa shape index (κ1) is 18.1. The molecule has 0 aliphatic heterocycles. The maximum absolute atomic E-state index is 12.3. The van der Waals surface area contributed by atoms with Gasteiger partial charge in [0.25, 0.3) is 0 Å². The normalized spacial score (nSPS) is 10.8. The van der Waals surface area contributed by atoms with Crippen LogP contribution in [0.5, 0.6) is 0 Å². The minimum absolute atomic E-state index is 0.0754. The fraction of sp³-hybridized carbons (Fsp3) is 0.133. The zero-order valence-corrected chi connectivity index (χ0v) is 13.5. The molecule has 25 heavy (non-hydrogen) atoms. The number of primary amides is 1. The van der Waals surface area contributed by atoms with Crippen LogP contribution >= 0.6 is 11.6 Å². The molecule has 0 spiro atoms. The van der Waals surface area contributed by atoms with E-state index in [0.29, 0.717) is 0 Å². The molecule has 0 fully saturated rings. The van der Waals surface area contributed by atoms with Crippen molar-refractivity contribution in [2.24, 2.45) is 10.8 Å². The van der Waals surface area contributed by atoms with Crippen molar-refractivity contribution >= 4 is 41.2 Å². The summed E-state index contributed by atoms with van der Waals surface area (Å²) >= 11 is 6.08. The van der Waals surface area contributed by atoms with Gasteiger partial charge < -0.3 is 10.2 Å². The van der Waals surface area contributed by atoms with Crippen molar-refractivity contribution < 1.29 is 18.9 Å². The van der Waals surface area contributed by atoms with Gasteiger partial charge in [-0.15, -0.1) is 0 Å². The first-order valence-electron chi connectivity index (χ1n) is 7.02. The van der Waals surface area contributed by atoms with Crippen molar-refractivity contribution in [1.82, 2.24) is 0 Å². The summed E-state index contributed by atoms with van der Waals surface area (Å²) < 4.78 is 4.95. The van der Waals surface area contributed by atoms with Crippen molar-refractivity contribution in [3.8, 4) is 0 Å². The number of carbonyl (C=O) groups is 2. The number of para-hydroxylation sites is 1. The molecule has 0 bridgehead atoms. The summed E-state index contributed by atoms with van der Waals surface area (Å²) in [6, 6.07) is 8.96. The molecular formula is C15H13ClN4O5. The first-order chi connectivity index (χ1) is 11.9. The van der Waals surface area contributed by atoms with Crippen molar-refractivity contribution in [2.75, 3.05) is 5.01 Å². The highest BCUT2D eigenvalue weighted by Gasteiger charge is 2.18. The van der Waals surface area contributed by atoms with Gasteiger partial charge in [-0.2, -0.15) is 10.1 Å². The molecule has 0 aliphatic carbocycles. The summed E-state index contributed by atoms with van der Waals surface area (Å²) in [6.45, 7) is 0. The number of nitrogens with two attached hydrogens (primary N) is 1. The Balaban J connectivity index is 2.28. The molecule has 0 unspecified atom stereocenters. The first-order valence-corrected chi connectivity index (χ1v) is 7.40. The van der Waals surface area contributed by atoms with Crippen LogP contribution < -0.4 is 10.7 Å². The summed E-state index contributed by atoms with van der Waals surface area (Å²) in [5.41, 5.74) is 5.34. The Kier molecular flexibility index (Phi) is 5.85. The van der Waals surface area contributed by atoms with Crippen LogP contribution in [0.4, 0.5) is 11.6 Å². The van der Waals surface area contributed by atoms with Crippen LogP contribution in [0.2, 0.25) is 5.02 Å². The zero-order chi connectivity index (χ0) is 18.4. The lowest BCUT2D eigenvalue weighted by atomic mass is 10.2. The quantitative estimate of drug-likeness (QED) is 0.457. The number of furan rings is 1. The summed E-state index contributed by atoms with van der Waals surface area (Å²) in [5.74, 6) is -1.53. The third-order valence-electron chi connectivity index (χ3n) is 3.00. The van der Waals surface area contributed by atoms with Gasteiger partial charge in [0.15, 0.2) is 5.76 Å². The van der Waals surface area contributed by atoms with Crippen LogP contribution in [-0.2, 0) is 9.59 Å². The maximum atomic E-state index is 12.3. The van der Waals surface area contributed by atoms with Gasteiger partial charge in [-0.05, 0) is 18.2 Å². The van der Waals surface area contributed by atoms with Gasteiger partial charge in [0.05, 0.1) is 23.0 Å². The molecule has 2 aromatic rings. The number of carbonyl (C=O) groups excluding carboxylic acids is 2.